The number of aryl methyl sites for hydroxylation is 1. The summed E-state index contributed by atoms with van der Waals surface area (Å²) in [4.78, 5) is 9.98. The third-order valence-electron chi connectivity index (χ3n) is 4.38. The number of pyridine rings is 1. The Hall–Kier alpha value is -2.39. The van der Waals surface area contributed by atoms with Gasteiger partial charge in [-0.1, -0.05) is 6.07 Å². The largest absolute Gasteiger partial charge is 0.573 e. The molecule has 0 amide bonds. The van der Waals surface area contributed by atoms with E-state index >= 15 is 0 Å². The average Bonchev–Trinajstić information content (AvgIpc) is 3.19. The number of benzene rings is 1. The van der Waals surface area contributed by atoms with Crippen molar-refractivity contribution in [3.8, 4) is 11.5 Å². The first kappa shape index (κ1) is 18.0. The van der Waals surface area contributed by atoms with Crippen molar-refractivity contribution in [2.24, 2.45) is 0 Å². The zero-order valence-corrected chi connectivity index (χ0v) is 15.0. The predicted octanol–water partition coefficient (Wildman–Crippen LogP) is 4.30. The van der Waals surface area contributed by atoms with Crippen LogP contribution >= 0.6 is 11.8 Å². The van der Waals surface area contributed by atoms with Gasteiger partial charge in [-0.25, -0.2) is 10.5 Å². The van der Waals surface area contributed by atoms with Crippen LogP contribution in [0.4, 0.5) is 13.2 Å². The number of hydrogen-bond acceptors (Lipinski definition) is 6. The molecular weight excluding hydrogens is 381 g/mol. The lowest BCUT2D eigenvalue weighted by molar-refractivity contribution is -0.274. The number of fused-ring (bicyclic) bond motifs is 2. The van der Waals surface area contributed by atoms with Crippen LogP contribution in [0.25, 0.3) is 0 Å². The molecule has 2 aliphatic rings. The highest BCUT2D eigenvalue weighted by atomic mass is 32.2. The summed E-state index contributed by atoms with van der Waals surface area (Å²) in [6, 6.07) is 7.94. The van der Waals surface area contributed by atoms with E-state index in [1.54, 1.807) is 24.4 Å². The summed E-state index contributed by atoms with van der Waals surface area (Å²) in [5.74, 6) is 0.737. The van der Waals surface area contributed by atoms with E-state index < -0.39 is 12.0 Å². The summed E-state index contributed by atoms with van der Waals surface area (Å²) in [6.07, 6.45) is 1.79. The Balaban J connectivity index is 1.54. The number of nitrogens with one attached hydrogen (secondary N) is 1. The van der Waals surface area contributed by atoms with E-state index in [2.05, 4.69) is 15.2 Å². The minimum atomic E-state index is -4.71. The van der Waals surface area contributed by atoms with Gasteiger partial charge in [-0.15, -0.1) is 24.9 Å². The molecule has 0 saturated heterocycles. The quantitative estimate of drug-likeness (QED) is 0.778. The molecule has 1 spiro atoms. The molecule has 1 unspecified atom stereocenters. The first-order chi connectivity index (χ1) is 12.9. The molecule has 1 N–H and O–H groups in total. The van der Waals surface area contributed by atoms with Crippen molar-refractivity contribution in [3.05, 3.63) is 59.6 Å². The lowest BCUT2D eigenvalue weighted by Gasteiger charge is -2.20. The summed E-state index contributed by atoms with van der Waals surface area (Å²) in [5, 5.41) is 0.880. The monoisotopic (exact) mass is 396 g/mol. The molecule has 1 aliphatic heterocycles. The molecule has 9 heteroatoms. The van der Waals surface area contributed by atoms with Gasteiger partial charge in [0.25, 0.3) is 0 Å². The maximum absolute atomic E-state index is 12.4. The third kappa shape index (κ3) is 3.70. The number of hydroxylamine groups is 1. The van der Waals surface area contributed by atoms with Crippen LogP contribution in [0.1, 0.15) is 17.5 Å². The van der Waals surface area contributed by atoms with Crippen molar-refractivity contribution in [1.29, 1.82) is 0 Å². The second kappa shape index (κ2) is 6.65. The molecule has 5 nitrogen and oxygen atoms in total. The first-order valence-corrected chi connectivity index (χ1v) is 9.33. The highest BCUT2D eigenvalue weighted by Gasteiger charge is 2.44. The summed E-state index contributed by atoms with van der Waals surface area (Å²) < 4.78 is 47.0. The fourth-order valence-corrected chi connectivity index (χ4v) is 3.60. The van der Waals surface area contributed by atoms with Crippen molar-refractivity contribution in [2.75, 3.05) is 6.26 Å². The number of aromatic nitrogens is 1. The smallest absolute Gasteiger partial charge is 0.438 e. The number of alkyl halides is 3. The molecule has 0 radical (unpaired) electrons. The van der Waals surface area contributed by atoms with E-state index in [9.17, 15) is 13.2 Å². The Bertz CT molecular complexity index is 886. The number of halogens is 3. The summed E-state index contributed by atoms with van der Waals surface area (Å²) >= 11 is 1.53. The minimum Gasteiger partial charge on any atom is -0.438 e. The van der Waals surface area contributed by atoms with Gasteiger partial charge < -0.3 is 9.47 Å². The first-order valence-electron chi connectivity index (χ1n) is 8.11. The molecule has 0 bridgehead atoms. The van der Waals surface area contributed by atoms with Gasteiger partial charge >= 0.3 is 6.36 Å². The molecule has 2 heterocycles. The predicted molar refractivity (Wildman–Crippen MR) is 92.1 cm³/mol. The molecule has 1 aromatic carbocycles. The Morgan fingerprint density at radius 1 is 1.22 bits per heavy atom. The third-order valence-corrected chi connectivity index (χ3v) is 5.04. The number of thioether (sulfide) groups is 1. The number of ether oxygens (including phenoxy) is 2. The van der Waals surface area contributed by atoms with Crippen LogP contribution in [-0.4, -0.2) is 17.6 Å². The van der Waals surface area contributed by atoms with Crippen LogP contribution in [0, 0.1) is 0 Å². The summed E-state index contributed by atoms with van der Waals surface area (Å²) in [5.41, 5.74) is 3.53. The number of hydrogen-bond donors (Lipinski definition) is 1. The van der Waals surface area contributed by atoms with Crippen molar-refractivity contribution in [1.82, 2.24) is 10.5 Å². The standard InChI is InChI=1S/C18H15F3N2O3S/c1-27-16-5-3-13(10-22-16)24-15-9-17(26-23-15)7-6-11-8-12(2-4-14(11)17)25-18(19,20)21/h2-5,8-10,23H,6-7H2,1H3. The zero-order valence-electron chi connectivity index (χ0n) is 14.2. The molecular formula is C18H15F3N2O3S. The van der Waals surface area contributed by atoms with E-state index in [-0.39, 0.29) is 5.75 Å². The lowest BCUT2D eigenvalue weighted by atomic mass is 9.96. The van der Waals surface area contributed by atoms with Gasteiger partial charge in [-0.05, 0) is 54.5 Å². The number of nitrogens with zero attached hydrogens (tertiary/aromatic N) is 1. The molecule has 1 aliphatic carbocycles. The highest BCUT2D eigenvalue weighted by molar-refractivity contribution is 7.98. The van der Waals surface area contributed by atoms with Crippen molar-refractivity contribution in [2.45, 2.75) is 29.8 Å². The van der Waals surface area contributed by atoms with Gasteiger partial charge in [-0.3, -0.25) is 4.84 Å². The molecule has 1 aromatic heterocycles. The topological polar surface area (TPSA) is 52.6 Å². The van der Waals surface area contributed by atoms with Crippen LogP contribution in [0.15, 0.2) is 53.5 Å². The van der Waals surface area contributed by atoms with Gasteiger partial charge in [0.1, 0.15) is 17.1 Å². The van der Waals surface area contributed by atoms with E-state index in [4.69, 9.17) is 9.57 Å². The normalized spacial score (nSPS) is 21.0. The maximum atomic E-state index is 12.4. The van der Waals surface area contributed by atoms with E-state index in [1.165, 1.54) is 23.9 Å². The molecule has 0 saturated carbocycles. The van der Waals surface area contributed by atoms with Crippen LogP contribution in [0.3, 0.4) is 0 Å². The van der Waals surface area contributed by atoms with Crippen LogP contribution < -0.4 is 15.0 Å². The fourth-order valence-electron chi connectivity index (χ4n) is 3.24. The Labute approximate surface area is 157 Å². The Morgan fingerprint density at radius 3 is 2.74 bits per heavy atom. The van der Waals surface area contributed by atoms with Crippen molar-refractivity contribution >= 4 is 11.8 Å². The Kier molecular flexibility index (Phi) is 4.43. The second-order valence-electron chi connectivity index (χ2n) is 6.11. The van der Waals surface area contributed by atoms with Crippen LogP contribution in [0.5, 0.6) is 11.5 Å². The molecule has 142 valence electrons. The maximum Gasteiger partial charge on any atom is 0.573 e. The van der Waals surface area contributed by atoms with Crippen LogP contribution in [-0.2, 0) is 16.9 Å². The summed E-state index contributed by atoms with van der Waals surface area (Å²) in [6.45, 7) is 0. The van der Waals surface area contributed by atoms with Gasteiger partial charge in [0, 0.05) is 6.08 Å². The highest BCUT2D eigenvalue weighted by Crippen LogP contribution is 2.45. The van der Waals surface area contributed by atoms with E-state index in [1.807, 2.05) is 12.3 Å². The lowest BCUT2D eigenvalue weighted by Crippen LogP contribution is -2.24. The van der Waals surface area contributed by atoms with E-state index in [0.717, 1.165) is 16.2 Å². The number of rotatable bonds is 4. The molecule has 2 aromatic rings. The fraction of sp³-hybridized carbons (Fsp3) is 0.278. The van der Waals surface area contributed by atoms with Gasteiger partial charge in [0.05, 0.1) is 11.2 Å². The minimum absolute atomic E-state index is 0.232. The molecule has 0 fully saturated rings. The van der Waals surface area contributed by atoms with Gasteiger partial charge in [-0.2, -0.15) is 0 Å². The second-order valence-corrected chi connectivity index (χ2v) is 6.93. The molecule has 27 heavy (non-hydrogen) atoms. The molecule has 4 rings (SSSR count). The van der Waals surface area contributed by atoms with Crippen molar-refractivity contribution < 1.29 is 27.5 Å². The Morgan fingerprint density at radius 2 is 2.04 bits per heavy atom. The van der Waals surface area contributed by atoms with Crippen molar-refractivity contribution in [3.63, 3.8) is 0 Å². The van der Waals surface area contributed by atoms with E-state index in [0.29, 0.717) is 24.5 Å². The van der Waals surface area contributed by atoms with Gasteiger partial charge in [0.15, 0.2) is 0 Å². The van der Waals surface area contributed by atoms with Gasteiger partial charge in [0.2, 0.25) is 5.88 Å². The molecule has 1 atom stereocenters. The zero-order chi connectivity index (χ0) is 19.1. The average molecular weight is 396 g/mol. The summed E-state index contributed by atoms with van der Waals surface area (Å²) in [7, 11) is 0. The van der Waals surface area contributed by atoms with Crippen LogP contribution in [0.2, 0.25) is 0 Å². The SMILES string of the molecule is CSc1ccc(OC2=CC3(CCc4cc(OC(F)(F)F)ccc43)ON2)cn1.